The molecule has 0 radical (unpaired) electrons. The van der Waals surface area contributed by atoms with Gasteiger partial charge in [-0.25, -0.2) is 4.99 Å². The molecule has 126 valence electrons. The van der Waals surface area contributed by atoms with Crippen molar-refractivity contribution in [3.8, 4) is 0 Å². The predicted molar refractivity (Wildman–Crippen MR) is 104 cm³/mol. The van der Waals surface area contributed by atoms with Crippen molar-refractivity contribution in [2.75, 3.05) is 0 Å². The smallest absolute Gasteiger partial charge is 0.192 e. The summed E-state index contributed by atoms with van der Waals surface area (Å²) in [6.07, 6.45) is 0. The Bertz CT molecular complexity index is 723. The van der Waals surface area contributed by atoms with Crippen molar-refractivity contribution in [2.24, 2.45) is 4.99 Å². The molecule has 25 heavy (non-hydrogen) atoms. The van der Waals surface area contributed by atoms with Crippen molar-refractivity contribution in [1.29, 1.82) is 0 Å². The van der Waals surface area contributed by atoms with Gasteiger partial charge in [0.2, 0.25) is 0 Å². The van der Waals surface area contributed by atoms with E-state index in [1.165, 1.54) is 16.7 Å². The molecule has 3 rings (SSSR count). The second kappa shape index (κ2) is 9.28. The average molecular weight is 329 g/mol. The van der Waals surface area contributed by atoms with E-state index in [1.807, 2.05) is 30.3 Å². The van der Waals surface area contributed by atoms with E-state index in [0.29, 0.717) is 6.54 Å². The molecule has 0 saturated heterocycles. The van der Waals surface area contributed by atoms with E-state index in [0.717, 1.165) is 19.0 Å². The second-order valence-corrected chi connectivity index (χ2v) is 5.83. The van der Waals surface area contributed by atoms with E-state index in [1.54, 1.807) is 0 Å². The normalized spacial score (nSPS) is 10.1. The quantitative estimate of drug-likeness (QED) is 0.527. The van der Waals surface area contributed by atoms with Gasteiger partial charge >= 0.3 is 0 Å². The lowest BCUT2D eigenvalue weighted by atomic mass is 10.2. The zero-order valence-electron chi connectivity index (χ0n) is 14.2. The summed E-state index contributed by atoms with van der Waals surface area (Å²) in [6, 6.07) is 31.0. The maximum atomic E-state index is 4.72. The molecule has 0 bridgehead atoms. The Morgan fingerprint density at radius 1 is 0.560 bits per heavy atom. The molecule has 2 N–H and O–H groups in total. The summed E-state index contributed by atoms with van der Waals surface area (Å²) in [4.78, 5) is 4.72. The summed E-state index contributed by atoms with van der Waals surface area (Å²) in [6.45, 7) is 2.15. The van der Waals surface area contributed by atoms with Gasteiger partial charge < -0.3 is 10.6 Å². The number of hydrogen-bond donors (Lipinski definition) is 2. The van der Waals surface area contributed by atoms with Crippen LogP contribution in [0.5, 0.6) is 0 Å². The Morgan fingerprint density at radius 3 is 1.40 bits per heavy atom. The number of rotatable bonds is 6. The van der Waals surface area contributed by atoms with Crippen LogP contribution in [-0.4, -0.2) is 5.96 Å². The van der Waals surface area contributed by atoms with Crippen molar-refractivity contribution in [1.82, 2.24) is 10.6 Å². The summed E-state index contributed by atoms with van der Waals surface area (Å²) in [7, 11) is 0. The van der Waals surface area contributed by atoms with Crippen LogP contribution in [0.25, 0.3) is 0 Å². The number of hydrogen-bond acceptors (Lipinski definition) is 1. The third-order valence-corrected chi connectivity index (χ3v) is 3.87. The van der Waals surface area contributed by atoms with Crippen molar-refractivity contribution in [3.05, 3.63) is 108 Å². The molecule has 0 amide bonds. The van der Waals surface area contributed by atoms with Gasteiger partial charge in [-0.2, -0.15) is 0 Å². The lowest BCUT2D eigenvalue weighted by Crippen LogP contribution is -2.36. The largest absolute Gasteiger partial charge is 0.352 e. The van der Waals surface area contributed by atoms with Gasteiger partial charge in [0.15, 0.2) is 5.96 Å². The lowest BCUT2D eigenvalue weighted by molar-refractivity contribution is 0.797. The molecule has 3 aromatic rings. The number of nitrogens with one attached hydrogen (secondary N) is 2. The first-order chi connectivity index (χ1) is 12.4. The third-order valence-electron chi connectivity index (χ3n) is 3.87. The second-order valence-electron chi connectivity index (χ2n) is 5.83. The fraction of sp³-hybridized carbons (Fsp3) is 0.136. The number of aliphatic imine (C=N–C) groups is 1. The Morgan fingerprint density at radius 2 is 0.960 bits per heavy atom. The number of benzene rings is 3. The first kappa shape index (κ1) is 16.8. The molecule has 0 unspecified atom stereocenters. The number of nitrogens with zero attached hydrogens (tertiary/aromatic N) is 1. The summed E-state index contributed by atoms with van der Waals surface area (Å²) in [5.41, 5.74) is 3.66. The van der Waals surface area contributed by atoms with Gasteiger partial charge in [-0.1, -0.05) is 91.0 Å². The van der Waals surface area contributed by atoms with Crippen LogP contribution in [0.1, 0.15) is 16.7 Å². The molecule has 3 heteroatoms. The van der Waals surface area contributed by atoms with Crippen LogP contribution in [0.15, 0.2) is 96.0 Å². The van der Waals surface area contributed by atoms with Crippen LogP contribution < -0.4 is 10.6 Å². The van der Waals surface area contributed by atoms with E-state index in [2.05, 4.69) is 71.3 Å². The van der Waals surface area contributed by atoms with Gasteiger partial charge in [-0.05, 0) is 16.7 Å². The van der Waals surface area contributed by atoms with E-state index in [-0.39, 0.29) is 0 Å². The Balaban J connectivity index is 1.64. The highest BCUT2D eigenvalue weighted by Crippen LogP contribution is 2.02. The van der Waals surface area contributed by atoms with Crippen molar-refractivity contribution >= 4 is 5.96 Å². The van der Waals surface area contributed by atoms with Gasteiger partial charge in [0, 0.05) is 13.1 Å². The maximum Gasteiger partial charge on any atom is 0.192 e. The Kier molecular flexibility index (Phi) is 6.23. The van der Waals surface area contributed by atoms with E-state index in [9.17, 15) is 0 Å². The minimum absolute atomic E-state index is 0.653. The minimum Gasteiger partial charge on any atom is -0.352 e. The summed E-state index contributed by atoms with van der Waals surface area (Å²) < 4.78 is 0. The monoisotopic (exact) mass is 329 g/mol. The molecule has 0 saturated carbocycles. The fourth-order valence-corrected chi connectivity index (χ4v) is 2.49. The van der Waals surface area contributed by atoms with Gasteiger partial charge in [-0.15, -0.1) is 0 Å². The van der Waals surface area contributed by atoms with Crippen molar-refractivity contribution in [2.45, 2.75) is 19.6 Å². The third kappa shape index (κ3) is 5.81. The number of guanidine groups is 1. The van der Waals surface area contributed by atoms with Gasteiger partial charge in [0.05, 0.1) is 6.54 Å². The highest BCUT2D eigenvalue weighted by Gasteiger charge is 2.00. The summed E-state index contributed by atoms with van der Waals surface area (Å²) >= 11 is 0. The Labute approximate surface area is 149 Å². The first-order valence-corrected chi connectivity index (χ1v) is 8.54. The molecule has 3 nitrogen and oxygen atoms in total. The van der Waals surface area contributed by atoms with E-state index >= 15 is 0 Å². The minimum atomic E-state index is 0.653. The first-order valence-electron chi connectivity index (χ1n) is 8.54. The van der Waals surface area contributed by atoms with Crippen LogP contribution in [0.4, 0.5) is 0 Å². The van der Waals surface area contributed by atoms with E-state index in [4.69, 9.17) is 4.99 Å². The zero-order chi connectivity index (χ0) is 17.2. The van der Waals surface area contributed by atoms with Crippen LogP contribution in [0, 0.1) is 0 Å². The lowest BCUT2D eigenvalue weighted by Gasteiger charge is -2.13. The van der Waals surface area contributed by atoms with Crippen molar-refractivity contribution < 1.29 is 0 Å². The van der Waals surface area contributed by atoms with E-state index < -0.39 is 0 Å². The molecule has 0 heterocycles. The molecule has 0 aromatic heterocycles. The van der Waals surface area contributed by atoms with Crippen LogP contribution in [0.3, 0.4) is 0 Å². The topological polar surface area (TPSA) is 36.4 Å². The van der Waals surface area contributed by atoms with Gasteiger partial charge in [0.25, 0.3) is 0 Å². The Hall–Kier alpha value is -3.07. The molecule has 0 aliphatic rings. The summed E-state index contributed by atoms with van der Waals surface area (Å²) in [5.74, 6) is 0.816. The van der Waals surface area contributed by atoms with Gasteiger partial charge in [0.1, 0.15) is 0 Å². The highest BCUT2D eigenvalue weighted by atomic mass is 15.2. The molecule has 0 fully saturated rings. The van der Waals surface area contributed by atoms with Gasteiger partial charge in [-0.3, -0.25) is 0 Å². The average Bonchev–Trinajstić information content (AvgIpc) is 2.70. The molecule has 0 aliphatic carbocycles. The standard InChI is InChI=1S/C22H23N3/c1-4-10-19(11-5-1)16-23-22(24-17-20-12-6-2-7-13-20)25-18-21-14-8-3-9-15-21/h1-15H,16-18H2,(H2,23,24,25). The van der Waals surface area contributed by atoms with Crippen LogP contribution >= 0.6 is 0 Å². The molecule has 0 spiro atoms. The predicted octanol–water partition coefficient (Wildman–Crippen LogP) is 4.12. The highest BCUT2D eigenvalue weighted by molar-refractivity contribution is 5.79. The van der Waals surface area contributed by atoms with Crippen LogP contribution in [-0.2, 0) is 19.6 Å². The molecule has 0 aliphatic heterocycles. The van der Waals surface area contributed by atoms with Crippen LogP contribution in [0.2, 0.25) is 0 Å². The zero-order valence-corrected chi connectivity index (χ0v) is 14.2. The molecular formula is C22H23N3. The fourth-order valence-electron chi connectivity index (χ4n) is 2.49. The molecule has 0 atom stereocenters. The summed E-state index contributed by atoms with van der Waals surface area (Å²) in [5, 5.41) is 6.83. The molecular weight excluding hydrogens is 306 g/mol. The molecule has 3 aromatic carbocycles. The maximum absolute atomic E-state index is 4.72. The van der Waals surface area contributed by atoms with Crippen molar-refractivity contribution in [3.63, 3.8) is 0 Å². The SMILES string of the molecule is c1ccc(CN=C(NCc2ccccc2)NCc2ccccc2)cc1.